The fourth-order valence-corrected chi connectivity index (χ4v) is 1.80. The minimum Gasteiger partial charge on any atom is -0.391 e. The second-order valence-corrected chi connectivity index (χ2v) is 4.16. The Hall–Kier alpha value is -0.160. The molecule has 0 aromatic heterocycles. The van der Waals surface area contributed by atoms with E-state index in [-0.39, 0.29) is 6.10 Å². The zero-order valence-corrected chi connectivity index (χ0v) is 9.58. The predicted octanol–water partition coefficient (Wildman–Crippen LogP) is 0.400. The Morgan fingerprint density at radius 1 is 1.47 bits per heavy atom. The first-order valence-corrected chi connectivity index (χ1v) is 5.78. The van der Waals surface area contributed by atoms with Crippen LogP contribution in [0.3, 0.4) is 0 Å². The molecule has 0 spiro atoms. The van der Waals surface area contributed by atoms with Gasteiger partial charge in [0, 0.05) is 20.3 Å². The highest BCUT2D eigenvalue weighted by Gasteiger charge is 2.13. The van der Waals surface area contributed by atoms with E-state index >= 15 is 0 Å². The lowest BCUT2D eigenvalue weighted by molar-refractivity contribution is 0.0561. The first kappa shape index (κ1) is 12.9. The van der Waals surface area contributed by atoms with Crippen molar-refractivity contribution in [2.45, 2.75) is 25.4 Å². The molecule has 0 radical (unpaired) electrons. The molecule has 1 aliphatic heterocycles. The molecule has 1 rings (SSSR count). The number of nitrogens with one attached hydrogen (secondary N) is 1. The lowest BCUT2D eigenvalue weighted by Gasteiger charge is -2.22. The Morgan fingerprint density at radius 3 is 2.87 bits per heavy atom. The third-order valence-electron chi connectivity index (χ3n) is 2.79. The Morgan fingerprint density at radius 2 is 2.20 bits per heavy atom. The molecule has 1 heterocycles. The van der Waals surface area contributed by atoms with E-state index in [9.17, 15) is 5.11 Å². The van der Waals surface area contributed by atoms with Gasteiger partial charge >= 0.3 is 0 Å². The van der Waals surface area contributed by atoms with Crippen molar-refractivity contribution in [3.63, 3.8) is 0 Å². The molecule has 90 valence electrons. The van der Waals surface area contributed by atoms with Gasteiger partial charge in [-0.2, -0.15) is 0 Å². The number of hydrogen-bond acceptors (Lipinski definition) is 4. The van der Waals surface area contributed by atoms with Crippen molar-refractivity contribution in [3.05, 3.63) is 0 Å². The maximum absolute atomic E-state index is 9.40. The van der Waals surface area contributed by atoms with E-state index in [1.165, 1.54) is 0 Å². The van der Waals surface area contributed by atoms with Crippen molar-refractivity contribution >= 4 is 0 Å². The summed E-state index contributed by atoms with van der Waals surface area (Å²) in [5.74, 6) is 0.748. The quantitative estimate of drug-likeness (QED) is 0.606. The van der Waals surface area contributed by atoms with Crippen molar-refractivity contribution < 1.29 is 14.6 Å². The van der Waals surface area contributed by atoms with Gasteiger partial charge in [-0.05, 0) is 38.3 Å². The zero-order chi connectivity index (χ0) is 10.9. The smallest absolute Gasteiger partial charge is 0.0785 e. The lowest BCUT2D eigenvalue weighted by Crippen LogP contribution is -2.30. The van der Waals surface area contributed by atoms with Gasteiger partial charge in [0.1, 0.15) is 0 Å². The van der Waals surface area contributed by atoms with E-state index < -0.39 is 0 Å². The third kappa shape index (κ3) is 6.10. The van der Waals surface area contributed by atoms with Crippen molar-refractivity contribution in [1.29, 1.82) is 0 Å². The van der Waals surface area contributed by atoms with E-state index in [2.05, 4.69) is 5.32 Å². The van der Waals surface area contributed by atoms with Gasteiger partial charge in [-0.15, -0.1) is 0 Å². The third-order valence-corrected chi connectivity index (χ3v) is 2.79. The van der Waals surface area contributed by atoms with Crippen LogP contribution in [0.4, 0.5) is 0 Å². The van der Waals surface area contributed by atoms with Crippen LogP contribution in [0.1, 0.15) is 19.3 Å². The van der Waals surface area contributed by atoms with Crippen molar-refractivity contribution in [1.82, 2.24) is 5.32 Å². The Kier molecular flexibility index (Phi) is 6.92. The van der Waals surface area contributed by atoms with Crippen LogP contribution < -0.4 is 5.32 Å². The lowest BCUT2D eigenvalue weighted by atomic mass is 10.0. The van der Waals surface area contributed by atoms with Crippen LogP contribution >= 0.6 is 0 Å². The SMILES string of the molecule is COCC(O)CCNCC1CCOCC1. The van der Waals surface area contributed by atoms with Crippen molar-refractivity contribution in [3.8, 4) is 0 Å². The van der Waals surface area contributed by atoms with E-state index in [1.807, 2.05) is 0 Å². The van der Waals surface area contributed by atoms with Gasteiger partial charge in [0.25, 0.3) is 0 Å². The molecule has 0 amide bonds. The largest absolute Gasteiger partial charge is 0.391 e. The maximum Gasteiger partial charge on any atom is 0.0785 e. The van der Waals surface area contributed by atoms with E-state index in [0.717, 1.165) is 51.5 Å². The summed E-state index contributed by atoms with van der Waals surface area (Å²) in [5.41, 5.74) is 0. The molecule has 1 unspecified atom stereocenters. The Balaban J connectivity index is 1.91. The van der Waals surface area contributed by atoms with E-state index in [4.69, 9.17) is 9.47 Å². The highest BCUT2D eigenvalue weighted by atomic mass is 16.5. The number of hydrogen-bond donors (Lipinski definition) is 2. The topological polar surface area (TPSA) is 50.7 Å². The average molecular weight is 217 g/mol. The van der Waals surface area contributed by atoms with Crippen LogP contribution in [0.25, 0.3) is 0 Å². The fraction of sp³-hybridized carbons (Fsp3) is 1.00. The van der Waals surface area contributed by atoms with Crippen LogP contribution in [-0.4, -0.2) is 51.2 Å². The molecule has 0 aliphatic carbocycles. The molecule has 0 aromatic rings. The molecule has 15 heavy (non-hydrogen) atoms. The van der Waals surface area contributed by atoms with Gasteiger partial charge in [0.2, 0.25) is 0 Å². The number of methoxy groups -OCH3 is 1. The molecular formula is C11H23NO3. The average Bonchev–Trinajstić information content (AvgIpc) is 2.26. The van der Waals surface area contributed by atoms with Gasteiger partial charge < -0.3 is 19.9 Å². The Bertz CT molecular complexity index is 149. The molecule has 4 nitrogen and oxygen atoms in total. The van der Waals surface area contributed by atoms with Gasteiger partial charge in [-0.1, -0.05) is 0 Å². The zero-order valence-electron chi connectivity index (χ0n) is 9.58. The second-order valence-electron chi connectivity index (χ2n) is 4.16. The van der Waals surface area contributed by atoms with Gasteiger partial charge in [-0.25, -0.2) is 0 Å². The number of ether oxygens (including phenoxy) is 2. The minimum absolute atomic E-state index is 0.336. The van der Waals surface area contributed by atoms with Gasteiger partial charge in [0.15, 0.2) is 0 Å². The fourth-order valence-electron chi connectivity index (χ4n) is 1.80. The van der Waals surface area contributed by atoms with Crippen LogP contribution in [0.5, 0.6) is 0 Å². The van der Waals surface area contributed by atoms with Crippen LogP contribution in [0, 0.1) is 5.92 Å². The molecular weight excluding hydrogens is 194 g/mol. The summed E-state index contributed by atoms with van der Waals surface area (Å²) in [6, 6.07) is 0. The number of aliphatic hydroxyl groups excluding tert-OH is 1. The minimum atomic E-state index is -0.336. The monoisotopic (exact) mass is 217 g/mol. The first-order valence-electron chi connectivity index (χ1n) is 5.78. The molecule has 0 aromatic carbocycles. The molecule has 2 N–H and O–H groups in total. The number of rotatable bonds is 7. The summed E-state index contributed by atoms with van der Waals surface area (Å²) in [4.78, 5) is 0. The molecule has 1 fully saturated rings. The van der Waals surface area contributed by atoms with E-state index in [0.29, 0.717) is 6.61 Å². The molecule has 1 saturated heterocycles. The standard InChI is InChI=1S/C11H23NO3/c1-14-9-11(13)2-5-12-8-10-3-6-15-7-4-10/h10-13H,2-9H2,1H3. The predicted molar refractivity (Wildman–Crippen MR) is 58.9 cm³/mol. The van der Waals surface area contributed by atoms with Crippen LogP contribution in [-0.2, 0) is 9.47 Å². The van der Waals surface area contributed by atoms with Crippen LogP contribution in [0.15, 0.2) is 0 Å². The summed E-state index contributed by atoms with van der Waals surface area (Å²) < 4.78 is 10.1. The highest BCUT2D eigenvalue weighted by Crippen LogP contribution is 2.12. The van der Waals surface area contributed by atoms with Crippen LogP contribution in [0.2, 0.25) is 0 Å². The van der Waals surface area contributed by atoms with Gasteiger partial charge in [0.05, 0.1) is 12.7 Å². The summed E-state index contributed by atoms with van der Waals surface area (Å²) in [5, 5.41) is 12.8. The van der Waals surface area contributed by atoms with Crippen molar-refractivity contribution in [2.75, 3.05) is 40.0 Å². The maximum atomic E-state index is 9.40. The second kappa shape index (κ2) is 8.05. The molecule has 1 aliphatic rings. The first-order chi connectivity index (χ1) is 7.33. The summed E-state index contributed by atoms with van der Waals surface area (Å²) >= 11 is 0. The summed E-state index contributed by atoms with van der Waals surface area (Å²) in [6.07, 6.45) is 2.75. The normalized spacial score (nSPS) is 20.4. The van der Waals surface area contributed by atoms with Crippen molar-refractivity contribution in [2.24, 2.45) is 5.92 Å². The van der Waals surface area contributed by atoms with E-state index in [1.54, 1.807) is 7.11 Å². The molecule has 0 bridgehead atoms. The number of aliphatic hydroxyl groups is 1. The van der Waals surface area contributed by atoms with Gasteiger partial charge in [-0.3, -0.25) is 0 Å². The highest BCUT2D eigenvalue weighted by molar-refractivity contribution is 4.66. The molecule has 0 saturated carbocycles. The summed E-state index contributed by atoms with van der Waals surface area (Å²) in [7, 11) is 1.61. The molecule has 1 atom stereocenters. The Labute approximate surface area is 92.0 Å². The summed E-state index contributed by atoms with van der Waals surface area (Å²) in [6.45, 7) is 4.14. The molecule has 4 heteroatoms.